The summed E-state index contributed by atoms with van der Waals surface area (Å²) in [7, 11) is -2.07. The molecule has 2 aromatic rings. The van der Waals surface area contributed by atoms with Crippen molar-refractivity contribution in [1.29, 1.82) is 0 Å². The molecule has 7 nitrogen and oxygen atoms in total. The zero-order chi connectivity index (χ0) is 20.9. The van der Waals surface area contributed by atoms with Crippen LogP contribution in [-0.4, -0.2) is 33.3 Å². The molecule has 0 saturated carbocycles. The minimum absolute atomic E-state index is 0.0809. The van der Waals surface area contributed by atoms with E-state index in [4.69, 9.17) is 9.47 Å². The number of amides is 1. The van der Waals surface area contributed by atoms with Crippen LogP contribution in [0.4, 0.5) is 15.8 Å². The van der Waals surface area contributed by atoms with Crippen LogP contribution >= 0.6 is 15.9 Å². The van der Waals surface area contributed by atoms with Gasteiger partial charge in [-0.2, -0.15) is 0 Å². The Bertz CT molecular complexity index is 968. The minimum Gasteiger partial charge on any atom is -0.494 e. The second-order valence-electron chi connectivity index (χ2n) is 5.74. The van der Waals surface area contributed by atoms with E-state index in [2.05, 4.69) is 26.0 Å². The fraction of sp³-hybridized carbons (Fsp3) is 0.278. The predicted octanol–water partition coefficient (Wildman–Crippen LogP) is 3.76. The van der Waals surface area contributed by atoms with Crippen LogP contribution in [0.25, 0.3) is 0 Å². The molecule has 0 aliphatic carbocycles. The van der Waals surface area contributed by atoms with E-state index in [9.17, 15) is 17.6 Å². The predicted molar refractivity (Wildman–Crippen MR) is 109 cm³/mol. The van der Waals surface area contributed by atoms with Gasteiger partial charge >= 0.3 is 0 Å². The third-order valence-electron chi connectivity index (χ3n) is 3.68. The first-order valence-electron chi connectivity index (χ1n) is 8.26. The van der Waals surface area contributed by atoms with E-state index in [1.807, 2.05) is 0 Å². The molecule has 10 heteroatoms. The second-order valence-corrected chi connectivity index (χ2v) is 8.61. The Morgan fingerprint density at radius 1 is 1.21 bits per heavy atom. The minimum atomic E-state index is -3.46. The molecule has 1 atom stereocenters. The maximum atomic E-state index is 13.1. The number of hydrogen-bond donors (Lipinski definition) is 2. The van der Waals surface area contributed by atoms with Gasteiger partial charge < -0.3 is 14.8 Å². The van der Waals surface area contributed by atoms with Gasteiger partial charge in [0.05, 0.1) is 23.0 Å². The van der Waals surface area contributed by atoms with Gasteiger partial charge in [-0.25, -0.2) is 12.8 Å². The van der Waals surface area contributed by atoms with Crippen LogP contribution < -0.4 is 19.5 Å². The van der Waals surface area contributed by atoms with Crippen molar-refractivity contribution in [1.82, 2.24) is 0 Å². The molecule has 0 aliphatic heterocycles. The molecule has 0 aliphatic rings. The Kier molecular flexibility index (Phi) is 7.25. The van der Waals surface area contributed by atoms with Crippen molar-refractivity contribution < 1.29 is 27.1 Å². The lowest BCUT2D eigenvalue weighted by Gasteiger charge is -2.17. The first kappa shape index (κ1) is 22.0. The normalized spacial score (nSPS) is 12.2. The van der Waals surface area contributed by atoms with Gasteiger partial charge in [-0.15, -0.1) is 0 Å². The smallest absolute Gasteiger partial charge is 0.265 e. The van der Waals surface area contributed by atoms with Gasteiger partial charge in [-0.05, 0) is 60.1 Å². The number of rotatable bonds is 8. The molecule has 1 amide bonds. The van der Waals surface area contributed by atoms with Gasteiger partial charge in [0, 0.05) is 11.8 Å². The summed E-state index contributed by atoms with van der Waals surface area (Å²) in [6.45, 7) is 3.07. The Balaban J connectivity index is 2.10. The Morgan fingerprint density at radius 3 is 2.54 bits per heavy atom. The summed E-state index contributed by atoms with van der Waals surface area (Å²) in [6, 6.07) is 8.40. The summed E-state index contributed by atoms with van der Waals surface area (Å²) < 4.78 is 50.1. The molecule has 0 heterocycles. The number of sulfonamides is 1. The summed E-state index contributed by atoms with van der Waals surface area (Å²) in [6.07, 6.45) is -0.869. The van der Waals surface area contributed by atoms with Crippen molar-refractivity contribution in [3.63, 3.8) is 0 Å². The number of benzene rings is 2. The zero-order valence-corrected chi connectivity index (χ0v) is 17.9. The van der Waals surface area contributed by atoms with Gasteiger partial charge in [-0.3, -0.25) is 9.52 Å². The first-order chi connectivity index (χ1) is 13.1. The van der Waals surface area contributed by atoms with Crippen molar-refractivity contribution in [3.8, 4) is 11.5 Å². The Labute approximate surface area is 171 Å². The van der Waals surface area contributed by atoms with Crippen LogP contribution in [0.3, 0.4) is 0 Å². The van der Waals surface area contributed by atoms with Crippen molar-refractivity contribution in [3.05, 3.63) is 46.7 Å². The first-order valence-corrected chi connectivity index (χ1v) is 10.7. The second kappa shape index (κ2) is 9.24. The molecule has 0 aromatic heterocycles. The molecule has 2 N–H and O–H groups in total. The van der Waals surface area contributed by atoms with E-state index in [0.29, 0.717) is 15.9 Å². The van der Waals surface area contributed by atoms with Gasteiger partial charge in [-0.1, -0.05) is 0 Å². The van der Waals surface area contributed by atoms with Crippen molar-refractivity contribution in [2.75, 3.05) is 22.9 Å². The topological polar surface area (TPSA) is 93.7 Å². The highest BCUT2D eigenvalue weighted by atomic mass is 79.9. The van der Waals surface area contributed by atoms with Crippen molar-refractivity contribution in [2.24, 2.45) is 0 Å². The van der Waals surface area contributed by atoms with Crippen LogP contribution in [-0.2, 0) is 14.8 Å². The quantitative estimate of drug-likeness (QED) is 0.607. The summed E-state index contributed by atoms with van der Waals surface area (Å²) in [5, 5.41) is 2.66. The molecule has 0 saturated heterocycles. The summed E-state index contributed by atoms with van der Waals surface area (Å²) in [4.78, 5) is 12.4. The lowest BCUT2D eigenvalue weighted by molar-refractivity contribution is -0.122. The van der Waals surface area contributed by atoms with Gasteiger partial charge in [0.25, 0.3) is 5.91 Å². The van der Waals surface area contributed by atoms with E-state index in [1.54, 1.807) is 6.92 Å². The highest BCUT2D eigenvalue weighted by Crippen LogP contribution is 2.30. The number of carbonyl (C=O) groups is 1. The summed E-state index contributed by atoms with van der Waals surface area (Å²) in [5.41, 5.74) is 0.664. The van der Waals surface area contributed by atoms with Gasteiger partial charge in [0.15, 0.2) is 6.10 Å². The number of hydrogen-bond acceptors (Lipinski definition) is 5. The SMILES string of the molecule is CCS(=O)(=O)Nc1ccc(NC(=O)C(C)Oc2ccc(F)cc2Br)cc1OC. The Hall–Kier alpha value is -2.33. The lowest BCUT2D eigenvalue weighted by atomic mass is 10.2. The summed E-state index contributed by atoms with van der Waals surface area (Å²) in [5.74, 6) is -0.374. The largest absolute Gasteiger partial charge is 0.494 e. The maximum Gasteiger partial charge on any atom is 0.265 e. The third kappa shape index (κ3) is 5.83. The number of carbonyl (C=O) groups excluding carboxylic acids is 1. The summed E-state index contributed by atoms with van der Waals surface area (Å²) >= 11 is 3.18. The van der Waals surface area contributed by atoms with Crippen LogP contribution in [0.1, 0.15) is 13.8 Å². The highest BCUT2D eigenvalue weighted by Gasteiger charge is 2.18. The molecule has 0 fully saturated rings. The number of methoxy groups -OCH3 is 1. The van der Waals surface area contributed by atoms with Gasteiger partial charge in [0.2, 0.25) is 10.0 Å². The van der Waals surface area contributed by atoms with Crippen LogP contribution in [0, 0.1) is 5.82 Å². The van der Waals surface area contributed by atoms with E-state index in [0.717, 1.165) is 0 Å². The molecule has 2 aromatic carbocycles. The maximum absolute atomic E-state index is 13.1. The fourth-order valence-electron chi connectivity index (χ4n) is 2.15. The van der Waals surface area contributed by atoms with E-state index in [1.165, 1.54) is 50.4 Å². The average Bonchev–Trinajstić information content (AvgIpc) is 2.64. The number of nitrogens with one attached hydrogen (secondary N) is 2. The van der Waals surface area contributed by atoms with Crippen molar-refractivity contribution >= 4 is 43.2 Å². The van der Waals surface area contributed by atoms with E-state index in [-0.39, 0.29) is 17.2 Å². The molecule has 0 bridgehead atoms. The highest BCUT2D eigenvalue weighted by molar-refractivity contribution is 9.10. The molecule has 1 unspecified atom stereocenters. The lowest BCUT2D eigenvalue weighted by Crippen LogP contribution is -2.30. The molecule has 28 heavy (non-hydrogen) atoms. The standard InChI is InChI=1S/C18H20BrFN2O5S/c1-4-28(24,25)22-15-7-6-13(10-17(15)26-3)21-18(23)11(2)27-16-8-5-12(20)9-14(16)19/h5-11,22H,4H2,1-3H3,(H,21,23). The molecule has 2 rings (SSSR count). The van der Waals surface area contributed by atoms with Crippen LogP contribution in [0.5, 0.6) is 11.5 Å². The zero-order valence-electron chi connectivity index (χ0n) is 15.5. The molecule has 152 valence electrons. The molecular weight excluding hydrogens is 455 g/mol. The van der Waals surface area contributed by atoms with E-state index < -0.39 is 27.9 Å². The average molecular weight is 475 g/mol. The number of anilines is 2. The Morgan fingerprint density at radius 2 is 1.93 bits per heavy atom. The molecule has 0 radical (unpaired) electrons. The van der Waals surface area contributed by atoms with Gasteiger partial charge in [0.1, 0.15) is 17.3 Å². The molecule has 0 spiro atoms. The molecular formula is C18H20BrFN2O5S. The van der Waals surface area contributed by atoms with Crippen LogP contribution in [0.2, 0.25) is 0 Å². The monoisotopic (exact) mass is 474 g/mol. The fourth-order valence-corrected chi connectivity index (χ4v) is 3.24. The third-order valence-corrected chi connectivity index (χ3v) is 5.59. The number of halogens is 2. The van der Waals surface area contributed by atoms with E-state index >= 15 is 0 Å². The van der Waals surface area contributed by atoms with Crippen LogP contribution in [0.15, 0.2) is 40.9 Å². The number of ether oxygens (including phenoxy) is 2. The van der Waals surface area contributed by atoms with Crippen molar-refractivity contribution in [2.45, 2.75) is 20.0 Å².